The predicted molar refractivity (Wildman–Crippen MR) is 73.4 cm³/mol. The third kappa shape index (κ3) is 5.41. The van der Waals surface area contributed by atoms with Crippen molar-refractivity contribution in [2.45, 2.75) is 37.7 Å². The molecule has 2 atom stereocenters. The molecular weight excluding hydrogens is 337 g/mol. The lowest BCUT2D eigenvalue weighted by molar-refractivity contribution is 0.514. The summed E-state index contributed by atoms with van der Waals surface area (Å²) in [6, 6.07) is 5.37. The van der Waals surface area contributed by atoms with Crippen LogP contribution in [0.2, 0.25) is 0 Å². The molecule has 0 spiro atoms. The summed E-state index contributed by atoms with van der Waals surface area (Å²) in [6.45, 7) is 4.94. The van der Waals surface area contributed by atoms with Gasteiger partial charge in [0.05, 0.1) is 0 Å². The predicted octanol–water partition coefficient (Wildman–Crippen LogP) is 4.24. The van der Waals surface area contributed by atoms with Crippen molar-refractivity contribution in [1.29, 1.82) is 0 Å². The van der Waals surface area contributed by atoms with E-state index >= 15 is 0 Å². The number of hydrogen-bond acceptors (Lipinski definition) is 1. The van der Waals surface area contributed by atoms with Crippen molar-refractivity contribution < 1.29 is 4.39 Å². The summed E-state index contributed by atoms with van der Waals surface area (Å²) in [5.41, 5.74) is 0.959. The van der Waals surface area contributed by atoms with Gasteiger partial charge in [-0.1, -0.05) is 38.8 Å². The van der Waals surface area contributed by atoms with Crippen LogP contribution >= 0.6 is 31.9 Å². The van der Waals surface area contributed by atoms with Crippen LogP contribution in [0.4, 0.5) is 4.39 Å². The largest absolute Gasteiger partial charge is 0.310 e. The van der Waals surface area contributed by atoms with Crippen LogP contribution in [0.3, 0.4) is 0 Å². The first-order valence-corrected chi connectivity index (χ1v) is 7.00. The van der Waals surface area contributed by atoms with Crippen molar-refractivity contribution in [3.63, 3.8) is 0 Å². The molecule has 0 aliphatic heterocycles. The van der Waals surface area contributed by atoms with E-state index in [0.717, 1.165) is 16.5 Å². The summed E-state index contributed by atoms with van der Waals surface area (Å²) >= 11 is 6.80. The average Bonchev–Trinajstić information content (AvgIpc) is 2.12. The molecule has 0 bridgehead atoms. The standard InChI is InChI=1S/C12H16Br2FN/c1-8(13)3-9(2)16-7-10-4-11(14)6-12(15)5-10/h4-6,8-9,16H,3,7H2,1-2H3. The fraction of sp³-hybridized carbons (Fsp3) is 0.500. The highest BCUT2D eigenvalue weighted by atomic mass is 79.9. The highest BCUT2D eigenvalue weighted by molar-refractivity contribution is 9.10. The van der Waals surface area contributed by atoms with E-state index in [1.54, 1.807) is 6.07 Å². The van der Waals surface area contributed by atoms with Crippen LogP contribution in [0.5, 0.6) is 0 Å². The van der Waals surface area contributed by atoms with E-state index in [2.05, 4.69) is 51.0 Å². The van der Waals surface area contributed by atoms with Gasteiger partial charge in [0.25, 0.3) is 0 Å². The summed E-state index contributed by atoms with van der Waals surface area (Å²) in [5.74, 6) is -0.201. The second kappa shape index (κ2) is 6.72. The maximum Gasteiger partial charge on any atom is 0.124 e. The molecule has 90 valence electrons. The Morgan fingerprint density at radius 1 is 1.31 bits per heavy atom. The van der Waals surface area contributed by atoms with E-state index in [-0.39, 0.29) is 5.82 Å². The van der Waals surface area contributed by atoms with E-state index < -0.39 is 0 Å². The maximum atomic E-state index is 13.1. The Labute approximate surface area is 113 Å². The first-order chi connectivity index (χ1) is 7.47. The van der Waals surface area contributed by atoms with Gasteiger partial charge in [-0.05, 0) is 37.1 Å². The first-order valence-electron chi connectivity index (χ1n) is 5.30. The minimum Gasteiger partial charge on any atom is -0.310 e. The summed E-state index contributed by atoms with van der Waals surface area (Å²) in [6.07, 6.45) is 1.05. The summed E-state index contributed by atoms with van der Waals surface area (Å²) in [5, 5.41) is 3.37. The van der Waals surface area contributed by atoms with Gasteiger partial charge in [-0.2, -0.15) is 0 Å². The molecule has 0 aromatic heterocycles. The summed E-state index contributed by atoms with van der Waals surface area (Å²) < 4.78 is 13.9. The number of benzene rings is 1. The van der Waals surface area contributed by atoms with E-state index in [0.29, 0.717) is 17.4 Å². The molecule has 0 saturated carbocycles. The molecular formula is C12H16Br2FN. The Balaban J connectivity index is 2.48. The van der Waals surface area contributed by atoms with Crippen LogP contribution in [0.25, 0.3) is 0 Å². The van der Waals surface area contributed by atoms with Crippen molar-refractivity contribution >= 4 is 31.9 Å². The lowest BCUT2D eigenvalue weighted by atomic mass is 10.1. The fourth-order valence-corrected chi connectivity index (χ4v) is 2.65. The molecule has 0 radical (unpaired) electrons. The fourth-order valence-electron chi connectivity index (χ4n) is 1.58. The van der Waals surface area contributed by atoms with Gasteiger partial charge in [-0.25, -0.2) is 4.39 Å². The van der Waals surface area contributed by atoms with Gasteiger partial charge in [0.15, 0.2) is 0 Å². The van der Waals surface area contributed by atoms with Gasteiger partial charge in [0, 0.05) is 21.9 Å². The van der Waals surface area contributed by atoms with Gasteiger partial charge >= 0.3 is 0 Å². The number of alkyl halides is 1. The quantitative estimate of drug-likeness (QED) is 0.781. The van der Waals surface area contributed by atoms with Crippen molar-refractivity contribution in [3.8, 4) is 0 Å². The van der Waals surface area contributed by atoms with Crippen LogP contribution in [-0.2, 0) is 6.54 Å². The highest BCUT2D eigenvalue weighted by Crippen LogP contribution is 2.15. The Bertz CT molecular complexity index is 322. The Morgan fingerprint density at radius 2 is 2.00 bits per heavy atom. The van der Waals surface area contributed by atoms with Crippen molar-refractivity contribution in [1.82, 2.24) is 5.32 Å². The molecule has 0 aliphatic rings. The zero-order chi connectivity index (χ0) is 12.1. The average molecular weight is 353 g/mol. The van der Waals surface area contributed by atoms with E-state index in [1.165, 1.54) is 6.07 Å². The normalized spacial score (nSPS) is 14.8. The van der Waals surface area contributed by atoms with Crippen molar-refractivity contribution in [2.24, 2.45) is 0 Å². The van der Waals surface area contributed by atoms with Gasteiger partial charge in [0.1, 0.15) is 5.82 Å². The molecule has 0 saturated heterocycles. The Hall–Kier alpha value is 0.0700. The van der Waals surface area contributed by atoms with Crippen LogP contribution in [0.15, 0.2) is 22.7 Å². The SMILES string of the molecule is CC(Br)CC(C)NCc1cc(F)cc(Br)c1. The molecule has 1 nitrogen and oxygen atoms in total. The van der Waals surface area contributed by atoms with Gasteiger partial charge in [-0.15, -0.1) is 0 Å². The second-order valence-electron chi connectivity index (χ2n) is 4.08. The number of hydrogen-bond donors (Lipinski definition) is 1. The van der Waals surface area contributed by atoms with E-state index in [9.17, 15) is 4.39 Å². The Morgan fingerprint density at radius 3 is 2.56 bits per heavy atom. The minimum absolute atomic E-state index is 0.201. The summed E-state index contributed by atoms with van der Waals surface area (Å²) in [4.78, 5) is 0.495. The lowest BCUT2D eigenvalue weighted by Crippen LogP contribution is -2.27. The molecule has 2 unspecified atom stereocenters. The van der Waals surface area contributed by atoms with Crippen LogP contribution in [0.1, 0.15) is 25.8 Å². The smallest absolute Gasteiger partial charge is 0.124 e. The van der Waals surface area contributed by atoms with Crippen LogP contribution in [0, 0.1) is 5.82 Å². The van der Waals surface area contributed by atoms with Crippen molar-refractivity contribution in [3.05, 3.63) is 34.1 Å². The number of rotatable bonds is 5. The number of halogens is 3. The van der Waals surface area contributed by atoms with Crippen LogP contribution < -0.4 is 5.32 Å². The molecule has 0 fully saturated rings. The molecule has 0 amide bonds. The zero-order valence-corrected chi connectivity index (χ0v) is 12.6. The summed E-state index contributed by atoms with van der Waals surface area (Å²) in [7, 11) is 0. The van der Waals surface area contributed by atoms with Crippen LogP contribution in [-0.4, -0.2) is 10.9 Å². The van der Waals surface area contributed by atoms with Gasteiger partial charge < -0.3 is 5.32 Å². The topological polar surface area (TPSA) is 12.0 Å². The molecule has 1 rings (SSSR count). The van der Waals surface area contributed by atoms with Gasteiger partial charge in [-0.3, -0.25) is 0 Å². The third-order valence-electron chi connectivity index (χ3n) is 2.26. The lowest BCUT2D eigenvalue weighted by Gasteiger charge is -2.15. The molecule has 1 aromatic rings. The zero-order valence-electron chi connectivity index (χ0n) is 9.43. The third-order valence-corrected chi connectivity index (χ3v) is 3.09. The van der Waals surface area contributed by atoms with E-state index in [1.807, 2.05) is 6.07 Å². The van der Waals surface area contributed by atoms with E-state index in [4.69, 9.17) is 0 Å². The molecule has 0 heterocycles. The molecule has 0 aliphatic carbocycles. The van der Waals surface area contributed by atoms with Crippen molar-refractivity contribution in [2.75, 3.05) is 0 Å². The number of nitrogens with one attached hydrogen (secondary N) is 1. The molecule has 16 heavy (non-hydrogen) atoms. The monoisotopic (exact) mass is 351 g/mol. The van der Waals surface area contributed by atoms with Gasteiger partial charge in [0.2, 0.25) is 0 Å². The molecule has 4 heteroatoms. The second-order valence-corrected chi connectivity index (χ2v) is 6.55. The molecule has 1 N–H and O–H groups in total. The minimum atomic E-state index is -0.201. The first kappa shape index (κ1) is 14.1. The molecule has 1 aromatic carbocycles. The highest BCUT2D eigenvalue weighted by Gasteiger charge is 2.06. The maximum absolute atomic E-state index is 13.1. The Kier molecular flexibility index (Phi) is 5.94.